The molecule has 1 aliphatic heterocycles. The first-order chi connectivity index (χ1) is 9.09. The van der Waals surface area contributed by atoms with Gasteiger partial charge in [0, 0.05) is 31.9 Å². The number of aryl methyl sites for hydroxylation is 1. The van der Waals surface area contributed by atoms with Gasteiger partial charge in [-0.15, -0.1) is 0 Å². The van der Waals surface area contributed by atoms with Crippen LogP contribution in [0.3, 0.4) is 0 Å². The minimum Gasteiger partial charge on any atom is -0.477 e. The van der Waals surface area contributed by atoms with Crippen molar-refractivity contribution < 1.29 is 14.6 Å². The summed E-state index contributed by atoms with van der Waals surface area (Å²) in [5.41, 5.74) is 0.177. The predicted octanol–water partition coefficient (Wildman–Crippen LogP) is 0.187. The first-order valence-corrected chi connectivity index (χ1v) is 6.33. The molecule has 0 spiro atoms. The molecule has 0 bridgehead atoms. The normalized spacial score (nSPS) is 16.5. The van der Waals surface area contributed by atoms with Crippen LogP contribution in [0, 0.1) is 6.92 Å². The second kappa shape index (κ2) is 5.99. The van der Waals surface area contributed by atoms with E-state index in [0.717, 1.165) is 25.3 Å². The zero-order valence-electron chi connectivity index (χ0n) is 11.0. The van der Waals surface area contributed by atoms with Crippen LogP contribution in [-0.2, 0) is 11.3 Å². The predicted molar refractivity (Wildman–Crippen MR) is 69.7 cm³/mol. The molecule has 1 aromatic rings. The molecule has 1 N–H and O–H groups in total. The Labute approximate surface area is 111 Å². The molecule has 1 saturated heterocycles. The number of pyridine rings is 1. The third-order valence-electron chi connectivity index (χ3n) is 3.37. The summed E-state index contributed by atoms with van der Waals surface area (Å²) in [4.78, 5) is 25.2. The minimum absolute atomic E-state index is 0.174. The highest BCUT2D eigenvalue weighted by Crippen LogP contribution is 2.01. The Kier molecular flexibility index (Phi) is 4.34. The van der Waals surface area contributed by atoms with Gasteiger partial charge in [-0.25, -0.2) is 4.79 Å². The number of hydrogen-bond donors (Lipinski definition) is 1. The van der Waals surface area contributed by atoms with Crippen molar-refractivity contribution >= 4 is 5.97 Å². The van der Waals surface area contributed by atoms with Gasteiger partial charge in [-0.05, 0) is 19.1 Å². The van der Waals surface area contributed by atoms with E-state index in [0.29, 0.717) is 19.8 Å². The Hall–Kier alpha value is -1.66. The fourth-order valence-electron chi connectivity index (χ4n) is 2.18. The molecule has 1 aliphatic rings. The zero-order chi connectivity index (χ0) is 13.8. The van der Waals surface area contributed by atoms with E-state index in [1.54, 1.807) is 6.07 Å². The van der Waals surface area contributed by atoms with Crippen molar-refractivity contribution in [3.63, 3.8) is 0 Å². The Balaban J connectivity index is 2.12. The van der Waals surface area contributed by atoms with E-state index in [1.165, 1.54) is 10.6 Å². The molecular formula is C13H18N2O4. The number of aromatic nitrogens is 1. The van der Waals surface area contributed by atoms with E-state index in [4.69, 9.17) is 9.84 Å². The van der Waals surface area contributed by atoms with Crippen molar-refractivity contribution in [1.29, 1.82) is 0 Å². The average Bonchev–Trinajstić information content (AvgIpc) is 2.39. The Bertz CT molecular complexity index is 518. The van der Waals surface area contributed by atoms with Gasteiger partial charge in [-0.3, -0.25) is 9.69 Å². The van der Waals surface area contributed by atoms with Gasteiger partial charge in [0.25, 0.3) is 5.56 Å². The first kappa shape index (κ1) is 13.8. The Morgan fingerprint density at radius 3 is 2.63 bits per heavy atom. The number of aromatic carboxylic acids is 1. The minimum atomic E-state index is -1.18. The van der Waals surface area contributed by atoms with Crippen molar-refractivity contribution in [2.45, 2.75) is 13.5 Å². The number of ether oxygens (including phenoxy) is 1. The van der Waals surface area contributed by atoms with Crippen molar-refractivity contribution in [3.05, 3.63) is 33.7 Å². The molecule has 6 nitrogen and oxygen atoms in total. The summed E-state index contributed by atoms with van der Waals surface area (Å²) in [5, 5.41) is 8.96. The Morgan fingerprint density at radius 2 is 2.00 bits per heavy atom. The number of nitrogens with zero attached hydrogens (tertiary/aromatic N) is 2. The molecule has 0 saturated carbocycles. The Morgan fingerprint density at radius 1 is 1.32 bits per heavy atom. The maximum atomic E-state index is 12.0. The SMILES string of the molecule is Cc1ccc(C(=O)O)c(=O)n1CCN1CCOCC1. The van der Waals surface area contributed by atoms with Crippen LogP contribution in [0.2, 0.25) is 0 Å². The van der Waals surface area contributed by atoms with Gasteiger partial charge in [0.15, 0.2) is 0 Å². The standard InChI is InChI=1S/C13H18N2O4/c1-10-2-3-11(13(17)18)12(16)15(10)5-4-14-6-8-19-9-7-14/h2-3H,4-9H2,1H3,(H,17,18). The molecule has 2 rings (SSSR count). The molecule has 1 fully saturated rings. The summed E-state index contributed by atoms with van der Waals surface area (Å²) in [6, 6.07) is 3.04. The van der Waals surface area contributed by atoms with Crippen LogP contribution in [0.4, 0.5) is 0 Å². The topological polar surface area (TPSA) is 71.8 Å². The molecular weight excluding hydrogens is 248 g/mol. The highest BCUT2D eigenvalue weighted by Gasteiger charge is 2.14. The van der Waals surface area contributed by atoms with Crippen molar-refractivity contribution in [2.24, 2.45) is 0 Å². The van der Waals surface area contributed by atoms with Crippen molar-refractivity contribution in [1.82, 2.24) is 9.47 Å². The largest absolute Gasteiger partial charge is 0.477 e. The van der Waals surface area contributed by atoms with Crippen molar-refractivity contribution in [2.75, 3.05) is 32.8 Å². The van der Waals surface area contributed by atoms with Gasteiger partial charge in [0.05, 0.1) is 13.2 Å². The molecule has 0 unspecified atom stereocenters. The quantitative estimate of drug-likeness (QED) is 0.842. The maximum Gasteiger partial charge on any atom is 0.341 e. The molecule has 0 radical (unpaired) electrons. The average molecular weight is 266 g/mol. The fourth-order valence-corrected chi connectivity index (χ4v) is 2.18. The van der Waals surface area contributed by atoms with Gasteiger partial charge in [-0.1, -0.05) is 0 Å². The van der Waals surface area contributed by atoms with Crippen LogP contribution in [0.15, 0.2) is 16.9 Å². The van der Waals surface area contributed by atoms with Crippen LogP contribution in [0.5, 0.6) is 0 Å². The van der Waals surface area contributed by atoms with Crippen molar-refractivity contribution in [3.8, 4) is 0 Å². The highest BCUT2D eigenvalue weighted by atomic mass is 16.5. The highest BCUT2D eigenvalue weighted by molar-refractivity contribution is 5.87. The summed E-state index contributed by atoms with van der Waals surface area (Å²) in [7, 11) is 0. The van der Waals surface area contributed by atoms with E-state index >= 15 is 0 Å². The van der Waals surface area contributed by atoms with Gasteiger partial charge < -0.3 is 14.4 Å². The molecule has 6 heteroatoms. The molecule has 0 aromatic carbocycles. The molecule has 0 aliphatic carbocycles. The lowest BCUT2D eigenvalue weighted by Gasteiger charge is -2.27. The third-order valence-corrected chi connectivity index (χ3v) is 3.37. The van der Waals surface area contributed by atoms with E-state index < -0.39 is 11.5 Å². The molecule has 0 atom stereocenters. The molecule has 19 heavy (non-hydrogen) atoms. The van der Waals surface area contributed by atoms with Crippen LogP contribution in [0.1, 0.15) is 16.1 Å². The number of carboxylic acid groups (broad SMARTS) is 1. The zero-order valence-corrected chi connectivity index (χ0v) is 11.0. The smallest absolute Gasteiger partial charge is 0.341 e. The van der Waals surface area contributed by atoms with E-state index in [2.05, 4.69) is 4.90 Å². The fraction of sp³-hybridized carbons (Fsp3) is 0.538. The number of rotatable bonds is 4. The van der Waals surface area contributed by atoms with Gasteiger partial charge in [0.1, 0.15) is 5.56 Å². The molecule has 2 heterocycles. The maximum absolute atomic E-state index is 12.0. The number of morpholine rings is 1. The van der Waals surface area contributed by atoms with Crippen LogP contribution >= 0.6 is 0 Å². The lowest BCUT2D eigenvalue weighted by molar-refractivity contribution is 0.0362. The van der Waals surface area contributed by atoms with E-state index in [9.17, 15) is 9.59 Å². The summed E-state index contributed by atoms with van der Waals surface area (Å²) >= 11 is 0. The van der Waals surface area contributed by atoms with Gasteiger partial charge >= 0.3 is 5.97 Å². The van der Waals surface area contributed by atoms with Crippen LogP contribution in [-0.4, -0.2) is 53.4 Å². The monoisotopic (exact) mass is 266 g/mol. The molecule has 1 aromatic heterocycles. The number of carboxylic acids is 1. The van der Waals surface area contributed by atoms with E-state index in [1.807, 2.05) is 6.92 Å². The molecule has 0 amide bonds. The first-order valence-electron chi connectivity index (χ1n) is 6.33. The third kappa shape index (κ3) is 3.21. The van der Waals surface area contributed by atoms with Gasteiger partial charge in [-0.2, -0.15) is 0 Å². The summed E-state index contributed by atoms with van der Waals surface area (Å²) in [6.07, 6.45) is 0. The number of hydrogen-bond acceptors (Lipinski definition) is 4. The summed E-state index contributed by atoms with van der Waals surface area (Å²) in [6.45, 7) is 6.18. The second-order valence-corrected chi connectivity index (χ2v) is 4.60. The van der Waals surface area contributed by atoms with Gasteiger partial charge in [0.2, 0.25) is 0 Å². The van der Waals surface area contributed by atoms with E-state index in [-0.39, 0.29) is 5.56 Å². The second-order valence-electron chi connectivity index (χ2n) is 4.60. The van der Waals surface area contributed by atoms with Crippen LogP contribution in [0.25, 0.3) is 0 Å². The lowest BCUT2D eigenvalue weighted by Crippen LogP contribution is -2.40. The van der Waals surface area contributed by atoms with Crippen LogP contribution < -0.4 is 5.56 Å². The molecule has 104 valence electrons. The lowest BCUT2D eigenvalue weighted by atomic mass is 10.2. The summed E-state index contributed by atoms with van der Waals surface area (Å²) < 4.78 is 6.79. The summed E-state index contributed by atoms with van der Waals surface area (Å²) in [5.74, 6) is -1.18. The number of carbonyl (C=O) groups is 1.